The number of piperazine rings is 1. The number of nitroso groups, excluding NO2 is 1. The minimum atomic E-state index is -0.387. The van der Waals surface area contributed by atoms with E-state index in [0.717, 1.165) is 5.69 Å². The molecule has 1 aliphatic rings. The highest BCUT2D eigenvalue weighted by molar-refractivity contribution is 6.34. The molecule has 0 bridgehead atoms. The number of aryl methyl sites for hydroxylation is 1. The van der Waals surface area contributed by atoms with Crippen LogP contribution in [0.4, 0.5) is 22.7 Å². The Morgan fingerprint density at radius 2 is 1.74 bits per heavy atom. The Morgan fingerprint density at radius 1 is 1.02 bits per heavy atom. The molecule has 0 spiro atoms. The van der Waals surface area contributed by atoms with Crippen molar-refractivity contribution in [2.75, 3.05) is 55.9 Å². The van der Waals surface area contributed by atoms with Crippen LogP contribution in [0.1, 0.15) is 20.8 Å². The molecule has 42 heavy (non-hydrogen) atoms. The van der Waals surface area contributed by atoms with Gasteiger partial charge in [0.25, 0.3) is 11.8 Å². The van der Waals surface area contributed by atoms with Crippen LogP contribution in [0.3, 0.4) is 0 Å². The van der Waals surface area contributed by atoms with E-state index in [4.69, 9.17) is 16.3 Å². The van der Waals surface area contributed by atoms with Gasteiger partial charge in [-0.15, -0.1) is 10.0 Å². The van der Waals surface area contributed by atoms with E-state index >= 15 is 0 Å². The molecule has 0 aliphatic carbocycles. The fourth-order valence-electron chi connectivity index (χ4n) is 4.87. The molecule has 216 valence electrons. The monoisotopic (exact) mass is 588 g/mol. The Kier molecular flexibility index (Phi) is 8.34. The van der Waals surface area contributed by atoms with Crippen LogP contribution in [-0.2, 0) is 7.05 Å². The lowest BCUT2D eigenvalue weighted by Crippen LogP contribution is -2.49. The van der Waals surface area contributed by atoms with Crippen molar-refractivity contribution in [2.24, 2.45) is 12.2 Å². The molecule has 0 radical (unpaired) electrons. The molecular formula is C29H29ClN8O4. The molecule has 2 heterocycles. The molecule has 2 amide bonds. The molecule has 0 unspecified atom stereocenters. The zero-order valence-corrected chi connectivity index (χ0v) is 24.1. The van der Waals surface area contributed by atoms with E-state index in [-0.39, 0.29) is 23.2 Å². The van der Waals surface area contributed by atoms with E-state index in [9.17, 15) is 14.5 Å². The van der Waals surface area contributed by atoms with Gasteiger partial charge in [0.15, 0.2) is 5.69 Å². The van der Waals surface area contributed by atoms with E-state index in [0.29, 0.717) is 65.2 Å². The van der Waals surface area contributed by atoms with Gasteiger partial charge in [-0.3, -0.25) is 9.59 Å². The fourth-order valence-corrected chi connectivity index (χ4v) is 5.15. The van der Waals surface area contributed by atoms with Crippen molar-refractivity contribution in [3.8, 4) is 17.0 Å². The summed E-state index contributed by atoms with van der Waals surface area (Å²) in [5.41, 5.74) is 3.66. The Balaban J connectivity index is 1.33. The van der Waals surface area contributed by atoms with Crippen molar-refractivity contribution in [1.29, 1.82) is 0 Å². The van der Waals surface area contributed by atoms with E-state index in [1.165, 1.54) is 10.7 Å². The third-order valence-corrected chi connectivity index (χ3v) is 7.45. The first-order valence-electron chi connectivity index (χ1n) is 13.2. The average molecular weight is 589 g/mol. The van der Waals surface area contributed by atoms with Gasteiger partial charge in [-0.05, 0) is 53.7 Å². The summed E-state index contributed by atoms with van der Waals surface area (Å²) in [5, 5.41) is 17.5. The second-order valence-electron chi connectivity index (χ2n) is 9.58. The maximum Gasteiger partial charge on any atom is 0.274 e. The Labute approximate surface area is 247 Å². The quantitative estimate of drug-likeness (QED) is 0.280. The Bertz CT molecular complexity index is 1630. The van der Waals surface area contributed by atoms with E-state index in [1.54, 1.807) is 56.4 Å². The first-order valence-corrected chi connectivity index (χ1v) is 13.6. The number of para-hydroxylation sites is 1. The number of aromatic nitrogens is 3. The number of hydrogen-bond donors (Lipinski definition) is 2. The van der Waals surface area contributed by atoms with E-state index < -0.39 is 0 Å². The topological polar surface area (TPSA) is 134 Å². The lowest BCUT2D eigenvalue weighted by Gasteiger charge is -2.36. The van der Waals surface area contributed by atoms with Gasteiger partial charge in [0, 0.05) is 57.1 Å². The Morgan fingerprint density at radius 3 is 2.40 bits per heavy atom. The lowest BCUT2D eigenvalue weighted by molar-refractivity contribution is 0.0736. The summed E-state index contributed by atoms with van der Waals surface area (Å²) in [5.74, 6) is 0.00595. The van der Waals surface area contributed by atoms with Crippen LogP contribution in [0.15, 0.2) is 65.8 Å². The molecule has 1 aliphatic heterocycles. The highest BCUT2D eigenvalue weighted by atomic mass is 35.5. The number of methoxy groups -OCH3 is 1. The van der Waals surface area contributed by atoms with Gasteiger partial charge in [0.2, 0.25) is 0 Å². The molecule has 12 nitrogen and oxygen atoms in total. The van der Waals surface area contributed by atoms with Crippen LogP contribution in [0.5, 0.6) is 5.75 Å². The number of ether oxygens (including phenoxy) is 1. The number of amides is 2. The molecule has 5 rings (SSSR count). The summed E-state index contributed by atoms with van der Waals surface area (Å²) in [6, 6.07) is 17.3. The number of benzene rings is 3. The van der Waals surface area contributed by atoms with Crippen molar-refractivity contribution in [1.82, 2.24) is 19.9 Å². The zero-order chi connectivity index (χ0) is 29.8. The predicted octanol–water partition coefficient (Wildman–Crippen LogP) is 4.80. The number of halogens is 1. The van der Waals surface area contributed by atoms with Gasteiger partial charge in [-0.1, -0.05) is 28.9 Å². The van der Waals surface area contributed by atoms with Gasteiger partial charge >= 0.3 is 0 Å². The molecule has 4 aromatic rings. The number of carbonyl (C=O) groups excluding carboxylic acids is 2. The standard InChI is InChI=1S/C29H29ClN8O4/c1-31-19-10-8-18(9-11-19)28(39)32-22-17-24(21(30)16-23(22)34-41)37-12-14-38(15-13-37)29(40)27-26(33-35-36(27)2)20-6-4-5-7-25(20)42-3/h4-11,16-17,31H,12-15H2,1-3H3,(H,32,39). The normalized spacial score (nSPS) is 13.0. The van der Waals surface area contributed by atoms with Gasteiger partial charge < -0.3 is 25.2 Å². The fraction of sp³-hybridized carbons (Fsp3) is 0.241. The van der Waals surface area contributed by atoms with Crippen LogP contribution < -0.4 is 20.3 Å². The van der Waals surface area contributed by atoms with E-state index in [1.807, 2.05) is 29.2 Å². The smallest absolute Gasteiger partial charge is 0.274 e. The molecule has 0 saturated carbocycles. The zero-order valence-electron chi connectivity index (χ0n) is 23.3. The number of carbonyl (C=O) groups is 2. The molecule has 2 N–H and O–H groups in total. The van der Waals surface area contributed by atoms with Crippen LogP contribution in [-0.4, -0.2) is 72.0 Å². The maximum absolute atomic E-state index is 13.7. The van der Waals surface area contributed by atoms with Crippen molar-refractivity contribution in [3.63, 3.8) is 0 Å². The van der Waals surface area contributed by atoms with Gasteiger partial charge in [-0.2, -0.15) is 0 Å². The minimum Gasteiger partial charge on any atom is -0.496 e. The van der Waals surface area contributed by atoms with Gasteiger partial charge in [0.1, 0.15) is 17.1 Å². The second kappa shape index (κ2) is 12.3. The first kappa shape index (κ1) is 28.6. The highest BCUT2D eigenvalue weighted by Gasteiger charge is 2.30. The molecule has 13 heteroatoms. The van der Waals surface area contributed by atoms with Gasteiger partial charge in [-0.25, -0.2) is 4.68 Å². The molecule has 1 saturated heterocycles. The van der Waals surface area contributed by atoms with Crippen LogP contribution in [0, 0.1) is 4.91 Å². The number of hydrogen-bond acceptors (Lipinski definition) is 9. The SMILES string of the molecule is CNc1ccc(C(=O)Nc2cc(N3CCN(C(=O)c4c(-c5ccccc5OC)nnn4C)CC3)c(Cl)cc2N=O)cc1. The summed E-state index contributed by atoms with van der Waals surface area (Å²) < 4.78 is 6.94. The summed E-state index contributed by atoms with van der Waals surface area (Å²) in [7, 11) is 5.04. The van der Waals surface area contributed by atoms with Crippen molar-refractivity contribution >= 4 is 46.2 Å². The second-order valence-corrected chi connectivity index (χ2v) is 9.99. The molecule has 1 aromatic heterocycles. The molecular weight excluding hydrogens is 560 g/mol. The predicted molar refractivity (Wildman–Crippen MR) is 162 cm³/mol. The number of nitrogens with zero attached hydrogens (tertiary/aromatic N) is 6. The summed E-state index contributed by atoms with van der Waals surface area (Å²) in [6.07, 6.45) is 0. The van der Waals surface area contributed by atoms with Crippen LogP contribution >= 0.6 is 11.6 Å². The van der Waals surface area contributed by atoms with Crippen molar-refractivity contribution in [3.05, 3.63) is 81.9 Å². The molecule has 1 fully saturated rings. The maximum atomic E-state index is 13.7. The third kappa shape index (κ3) is 5.61. The van der Waals surface area contributed by atoms with Gasteiger partial charge in [0.05, 0.1) is 23.5 Å². The van der Waals surface area contributed by atoms with Crippen molar-refractivity contribution < 1.29 is 14.3 Å². The minimum absolute atomic E-state index is 0.0188. The van der Waals surface area contributed by atoms with Crippen LogP contribution in [0.2, 0.25) is 5.02 Å². The number of rotatable bonds is 8. The summed E-state index contributed by atoms with van der Waals surface area (Å²) in [6.45, 7) is 1.73. The third-order valence-electron chi connectivity index (χ3n) is 7.15. The average Bonchev–Trinajstić information content (AvgIpc) is 3.42. The van der Waals surface area contributed by atoms with Crippen molar-refractivity contribution in [2.45, 2.75) is 0 Å². The highest BCUT2D eigenvalue weighted by Crippen LogP contribution is 2.38. The lowest BCUT2D eigenvalue weighted by atomic mass is 10.1. The van der Waals surface area contributed by atoms with Crippen LogP contribution in [0.25, 0.3) is 11.3 Å². The molecule has 3 aromatic carbocycles. The number of anilines is 3. The first-order chi connectivity index (χ1) is 20.3. The number of nitrogens with one attached hydrogen (secondary N) is 2. The summed E-state index contributed by atoms with van der Waals surface area (Å²) >= 11 is 6.55. The van der Waals surface area contributed by atoms with E-state index in [2.05, 4.69) is 26.1 Å². The molecule has 0 atom stereocenters. The largest absolute Gasteiger partial charge is 0.496 e. The Hall–Kier alpha value is -4.97. The summed E-state index contributed by atoms with van der Waals surface area (Å²) in [4.78, 5) is 41.8.